The summed E-state index contributed by atoms with van der Waals surface area (Å²) in [5, 5.41) is 3.45. The lowest BCUT2D eigenvalue weighted by Crippen LogP contribution is -2.12. The van der Waals surface area contributed by atoms with Crippen molar-refractivity contribution >= 4 is 17.2 Å². The van der Waals surface area contributed by atoms with E-state index >= 15 is 0 Å². The minimum Gasteiger partial charge on any atom is -0.268 e. The molecule has 178 valence electrons. The van der Waals surface area contributed by atoms with Gasteiger partial charge in [0.25, 0.3) is 5.56 Å². The number of halogens is 2. The SMILES string of the molecule is Cc1cc(CCC(F)CCc2nc(-c3ccc(C(C)(C)C)cc3)nc3cc(=O)[nH]n23)ccc1Cl. The van der Waals surface area contributed by atoms with Crippen molar-refractivity contribution in [3.8, 4) is 11.4 Å². The Morgan fingerprint density at radius 3 is 2.41 bits per heavy atom. The first kappa shape index (κ1) is 24.1. The van der Waals surface area contributed by atoms with Crippen molar-refractivity contribution in [2.24, 2.45) is 0 Å². The van der Waals surface area contributed by atoms with Gasteiger partial charge in [0.05, 0.1) is 0 Å². The largest absolute Gasteiger partial charge is 0.268 e. The molecule has 0 aliphatic carbocycles. The zero-order valence-corrected chi connectivity index (χ0v) is 20.8. The first-order chi connectivity index (χ1) is 16.1. The molecule has 0 bridgehead atoms. The second-order valence-electron chi connectivity index (χ2n) is 9.86. The number of benzene rings is 2. The molecule has 0 saturated carbocycles. The zero-order chi connectivity index (χ0) is 24.5. The number of nitrogens with zero attached hydrogens (tertiary/aromatic N) is 3. The summed E-state index contributed by atoms with van der Waals surface area (Å²) in [6.07, 6.45) is 0.763. The summed E-state index contributed by atoms with van der Waals surface area (Å²) < 4.78 is 16.3. The van der Waals surface area contributed by atoms with Gasteiger partial charge in [-0.2, -0.15) is 0 Å². The standard InChI is InChI=1S/C27H30ClFN4O/c1-17-15-18(6-13-22(17)28)5-11-21(29)12-14-23-30-26(31-24-16-25(34)32-33(23)24)19-7-9-20(10-8-19)27(2,3)4/h6-10,13,15-16,21H,5,11-12,14H2,1-4H3,(H,32,34). The first-order valence-electron chi connectivity index (χ1n) is 11.6. The fourth-order valence-corrected chi connectivity index (χ4v) is 4.12. The maximum atomic E-state index is 14.8. The first-order valence-corrected chi connectivity index (χ1v) is 12.0. The molecule has 4 aromatic rings. The van der Waals surface area contributed by atoms with Crippen LogP contribution >= 0.6 is 11.6 Å². The van der Waals surface area contributed by atoms with Crippen LogP contribution in [0.4, 0.5) is 4.39 Å². The van der Waals surface area contributed by atoms with E-state index in [9.17, 15) is 9.18 Å². The van der Waals surface area contributed by atoms with Crippen molar-refractivity contribution in [1.29, 1.82) is 0 Å². The van der Waals surface area contributed by atoms with Crippen LogP contribution in [0.25, 0.3) is 17.0 Å². The van der Waals surface area contributed by atoms with E-state index in [2.05, 4.69) is 48.0 Å². The topological polar surface area (TPSA) is 63.0 Å². The van der Waals surface area contributed by atoms with Gasteiger partial charge in [0.2, 0.25) is 0 Å². The zero-order valence-electron chi connectivity index (χ0n) is 20.0. The summed E-state index contributed by atoms with van der Waals surface area (Å²) >= 11 is 6.08. The molecule has 1 N–H and O–H groups in total. The number of nitrogens with one attached hydrogen (secondary N) is 1. The maximum absolute atomic E-state index is 14.8. The van der Waals surface area contributed by atoms with Crippen LogP contribution in [0, 0.1) is 6.92 Å². The van der Waals surface area contributed by atoms with Crippen molar-refractivity contribution in [3.63, 3.8) is 0 Å². The van der Waals surface area contributed by atoms with Crippen LogP contribution in [-0.4, -0.2) is 25.8 Å². The Bertz CT molecular complexity index is 1350. The van der Waals surface area contributed by atoms with Crippen LogP contribution < -0.4 is 5.56 Å². The Morgan fingerprint density at radius 1 is 1.03 bits per heavy atom. The average molecular weight is 481 g/mol. The predicted octanol–water partition coefficient (Wildman–Crippen LogP) is 6.25. The molecule has 2 aromatic carbocycles. The van der Waals surface area contributed by atoms with Gasteiger partial charge >= 0.3 is 0 Å². The minimum absolute atomic E-state index is 0.0449. The van der Waals surface area contributed by atoms with Crippen molar-refractivity contribution in [2.75, 3.05) is 0 Å². The van der Waals surface area contributed by atoms with Crippen LogP contribution in [0.1, 0.15) is 56.1 Å². The van der Waals surface area contributed by atoms with E-state index in [4.69, 9.17) is 11.6 Å². The van der Waals surface area contributed by atoms with Crippen molar-refractivity contribution in [3.05, 3.63) is 86.4 Å². The summed E-state index contributed by atoms with van der Waals surface area (Å²) in [7, 11) is 0. The van der Waals surface area contributed by atoms with E-state index in [0.29, 0.717) is 43.0 Å². The third-order valence-corrected chi connectivity index (χ3v) is 6.51. The number of aromatic nitrogens is 4. The Labute approximate surface area is 204 Å². The van der Waals surface area contributed by atoms with E-state index in [1.54, 1.807) is 4.52 Å². The van der Waals surface area contributed by atoms with Gasteiger partial charge in [-0.25, -0.2) is 18.9 Å². The van der Waals surface area contributed by atoms with Crippen molar-refractivity contribution in [1.82, 2.24) is 19.6 Å². The molecule has 7 heteroatoms. The third-order valence-electron chi connectivity index (χ3n) is 6.08. The quantitative estimate of drug-likeness (QED) is 0.340. The Balaban J connectivity index is 1.51. The van der Waals surface area contributed by atoms with Crippen LogP contribution in [-0.2, 0) is 18.3 Å². The molecule has 0 radical (unpaired) electrons. The van der Waals surface area contributed by atoms with Crippen LogP contribution in [0.2, 0.25) is 5.02 Å². The normalized spacial score (nSPS) is 12.9. The Kier molecular flexibility index (Phi) is 6.89. The molecular weight excluding hydrogens is 451 g/mol. The Hall–Kier alpha value is -2.99. The number of alkyl halides is 1. The molecule has 0 amide bonds. The van der Waals surface area contributed by atoms with Gasteiger partial charge < -0.3 is 0 Å². The molecule has 1 atom stereocenters. The number of rotatable bonds is 7. The van der Waals surface area contributed by atoms with Crippen molar-refractivity contribution in [2.45, 2.75) is 65.0 Å². The fourth-order valence-electron chi connectivity index (χ4n) is 4.00. The second kappa shape index (κ2) is 9.71. The summed E-state index contributed by atoms with van der Waals surface area (Å²) in [6, 6.07) is 15.4. The molecule has 2 aromatic heterocycles. The maximum Gasteiger partial charge on any atom is 0.266 e. The van der Waals surface area contributed by atoms with Gasteiger partial charge in [0, 0.05) is 23.1 Å². The van der Waals surface area contributed by atoms with Crippen LogP contribution in [0.3, 0.4) is 0 Å². The molecule has 4 rings (SSSR count). The van der Waals surface area contributed by atoms with Crippen LogP contribution in [0.15, 0.2) is 53.3 Å². The van der Waals surface area contributed by atoms with Gasteiger partial charge in [-0.1, -0.05) is 68.8 Å². The second-order valence-corrected chi connectivity index (χ2v) is 10.3. The molecule has 0 aliphatic heterocycles. The van der Waals surface area contributed by atoms with E-state index in [-0.39, 0.29) is 11.0 Å². The van der Waals surface area contributed by atoms with Gasteiger partial charge in [-0.3, -0.25) is 9.89 Å². The van der Waals surface area contributed by atoms with Gasteiger partial charge in [0.15, 0.2) is 11.5 Å². The highest BCUT2D eigenvalue weighted by atomic mass is 35.5. The van der Waals surface area contributed by atoms with E-state index in [0.717, 1.165) is 21.7 Å². The lowest BCUT2D eigenvalue weighted by atomic mass is 9.87. The lowest BCUT2D eigenvalue weighted by Gasteiger charge is -2.19. The molecule has 34 heavy (non-hydrogen) atoms. The predicted molar refractivity (Wildman–Crippen MR) is 135 cm³/mol. The number of hydrogen-bond donors (Lipinski definition) is 1. The highest BCUT2D eigenvalue weighted by molar-refractivity contribution is 6.31. The molecule has 5 nitrogen and oxygen atoms in total. The number of aryl methyl sites for hydroxylation is 3. The average Bonchev–Trinajstić information content (AvgIpc) is 3.18. The minimum atomic E-state index is -0.988. The molecule has 0 aliphatic rings. The third kappa shape index (κ3) is 5.55. The van der Waals surface area contributed by atoms with Gasteiger partial charge in [-0.15, -0.1) is 0 Å². The monoisotopic (exact) mass is 480 g/mol. The van der Waals surface area contributed by atoms with Gasteiger partial charge in [-0.05, 0) is 54.4 Å². The highest BCUT2D eigenvalue weighted by Gasteiger charge is 2.16. The number of fused-ring (bicyclic) bond motifs is 1. The molecule has 0 fully saturated rings. The van der Waals surface area contributed by atoms with Crippen LogP contribution in [0.5, 0.6) is 0 Å². The molecular formula is C27H30ClFN4O. The lowest BCUT2D eigenvalue weighted by molar-refractivity contribution is 0.294. The molecule has 0 spiro atoms. The fraction of sp³-hybridized carbons (Fsp3) is 0.370. The van der Waals surface area contributed by atoms with Crippen molar-refractivity contribution < 1.29 is 4.39 Å². The summed E-state index contributed by atoms with van der Waals surface area (Å²) in [6.45, 7) is 8.44. The smallest absolute Gasteiger partial charge is 0.266 e. The number of aromatic amines is 1. The highest BCUT2D eigenvalue weighted by Crippen LogP contribution is 2.25. The Morgan fingerprint density at radius 2 is 1.74 bits per heavy atom. The summed E-state index contributed by atoms with van der Waals surface area (Å²) in [5.74, 6) is 1.12. The summed E-state index contributed by atoms with van der Waals surface area (Å²) in [4.78, 5) is 21.2. The van der Waals surface area contributed by atoms with Gasteiger partial charge in [0.1, 0.15) is 12.0 Å². The number of hydrogen-bond acceptors (Lipinski definition) is 3. The van der Waals surface area contributed by atoms with E-state index < -0.39 is 6.17 Å². The van der Waals surface area contributed by atoms with E-state index in [1.165, 1.54) is 11.6 Å². The molecule has 2 heterocycles. The summed E-state index contributed by atoms with van der Waals surface area (Å²) in [5.41, 5.74) is 4.42. The molecule has 1 unspecified atom stereocenters. The molecule has 0 saturated heterocycles. The number of H-pyrrole nitrogens is 1. The van der Waals surface area contributed by atoms with E-state index in [1.807, 2.05) is 37.3 Å².